The van der Waals surface area contributed by atoms with E-state index in [1.807, 2.05) is 39.0 Å². The van der Waals surface area contributed by atoms with Gasteiger partial charge in [-0.3, -0.25) is 4.79 Å². The van der Waals surface area contributed by atoms with E-state index >= 15 is 0 Å². The summed E-state index contributed by atoms with van der Waals surface area (Å²) in [5, 5.41) is 0. The normalized spacial score (nSPS) is 18.2. The third-order valence-corrected chi connectivity index (χ3v) is 5.47. The third kappa shape index (κ3) is 12.7. The highest BCUT2D eigenvalue weighted by Gasteiger charge is 2.20. The smallest absolute Gasteiger partial charge is 0.154 e. The molecule has 0 aliphatic heterocycles. The van der Waals surface area contributed by atoms with Gasteiger partial charge in [0.2, 0.25) is 0 Å². The Bertz CT molecular complexity index is 500. The van der Waals surface area contributed by atoms with E-state index < -0.39 is 0 Å². The highest BCUT2D eigenvalue weighted by molar-refractivity contribution is 5.77. The fraction of sp³-hybridized carbons (Fsp3) is 0.654. The average molecular weight is 405 g/mol. The third-order valence-electron chi connectivity index (χ3n) is 5.47. The van der Waals surface area contributed by atoms with Crippen LogP contribution in [0.3, 0.4) is 0 Å². The maximum absolute atomic E-state index is 11.0. The highest BCUT2D eigenvalue weighted by atomic mass is 16.7. The topological polar surface area (TPSA) is 35.5 Å². The zero-order valence-electron chi connectivity index (χ0n) is 19.3. The summed E-state index contributed by atoms with van der Waals surface area (Å²) < 4.78 is 10.1. The first-order valence-electron chi connectivity index (χ1n) is 11.4. The van der Waals surface area contributed by atoms with E-state index in [-0.39, 0.29) is 6.29 Å². The van der Waals surface area contributed by atoms with Crippen molar-refractivity contribution >= 4 is 6.29 Å². The average Bonchev–Trinajstić information content (AvgIpc) is 2.76. The predicted molar refractivity (Wildman–Crippen MR) is 124 cm³/mol. The van der Waals surface area contributed by atoms with Gasteiger partial charge in [0, 0.05) is 18.8 Å². The molecule has 1 saturated carbocycles. The lowest BCUT2D eigenvalue weighted by molar-refractivity contribution is -0.123. The van der Waals surface area contributed by atoms with E-state index in [1.54, 1.807) is 0 Å². The zero-order valence-corrected chi connectivity index (χ0v) is 19.3. The molecule has 1 fully saturated rings. The Balaban J connectivity index is 0.000000664. The Morgan fingerprint density at radius 1 is 0.966 bits per heavy atom. The minimum Gasteiger partial charge on any atom is -0.353 e. The monoisotopic (exact) mass is 404 g/mol. The molecule has 3 heteroatoms. The van der Waals surface area contributed by atoms with Crippen LogP contribution in [0.2, 0.25) is 0 Å². The minimum absolute atomic E-state index is 0.0370. The van der Waals surface area contributed by atoms with Gasteiger partial charge >= 0.3 is 0 Å². The number of hydrogen-bond acceptors (Lipinski definition) is 3. The van der Waals surface area contributed by atoms with E-state index in [0.29, 0.717) is 0 Å². The van der Waals surface area contributed by atoms with Crippen LogP contribution in [0.25, 0.3) is 0 Å². The molecule has 0 radical (unpaired) electrons. The van der Waals surface area contributed by atoms with Crippen molar-refractivity contribution in [3.63, 3.8) is 0 Å². The maximum Gasteiger partial charge on any atom is 0.154 e. The van der Waals surface area contributed by atoms with Gasteiger partial charge in [-0.2, -0.15) is 0 Å². The van der Waals surface area contributed by atoms with Crippen LogP contribution < -0.4 is 0 Å². The van der Waals surface area contributed by atoms with Crippen molar-refractivity contribution in [3.8, 4) is 0 Å². The van der Waals surface area contributed by atoms with Crippen LogP contribution in [0, 0.1) is 11.8 Å². The molecule has 2 rings (SSSR count). The zero-order chi connectivity index (χ0) is 21.9. The molecular formula is C26H44O3. The number of benzene rings is 1. The van der Waals surface area contributed by atoms with Crippen molar-refractivity contribution in [2.45, 2.75) is 85.4 Å². The molecule has 0 bridgehead atoms. The van der Waals surface area contributed by atoms with Crippen molar-refractivity contribution in [1.29, 1.82) is 0 Å². The summed E-state index contributed by atoms with van der Waals surface area (Å²) in [6.07, 6.45) is 11.7. The molecule has 0 atom stereocenters. The predicted octanol–water partition coefficient (Wildman–Crippen LogP) is 7.25. The van der Waals surface area contributed by atoms with Crippen LogP contribution >= 0.6 is 0 Å². The maximum atomic E-state index is 11.0. The molecule has 0 heterocycles. The number of carbonyl (C=O) groups excluding carboxylic acids is 1. The van der Waals surface area contributed by atoms with E-state index in [9.17, 15) is 4.79 Å². The van der Waals surface area contributed by atoms with Crippen molar-refractivity contribution in [1.82, 2.24) is 0 Å². The van der Waals surface area contributed by atoms with Gasteiger partial charge in [-0.1, -0.05) is 69.7 Å². The molecule has 0 aromatic heterocycles. The summed E-state index contributed by atoms with van der Waals surface area (Å²) in [6, 6.07) is 8.02. The number of rotatable bonds is 10. The van der Waals surface area contributed by atoms with Crippen LogP contribution in [-0.4, -0.2) is 25.8 Å². The van der Waals surface area contributed by atoms with E-state index in [1.165, 1.54) is 50.5 Å². The van der Waals surface area contributed by atoms with Gasteiger partial charge in [0.25, 0.3) is 0 Å². The SMILES string of the molecule is C=C.CCCC1CCC(CCc2ccccc2C=O)CC1.CCOC(C)OCC. The Labute approximate surface area is 179 Å². The van der Waals surface area contributed by atoms with Gasteiger partial charge in [0.1, 0.15) is 6.29 Å². The van der Waals surface area contributed by atoms with E-state index in [4.69, 9.17) is 9.47 Å². The second-order valence-electron chi connectivity index (χ2n) is 7.51. The Morgan fingerprint density at radius 2 is 1.48 bits per heavy atom. The second kappa shape index (κ2) is 18.6. The van der Waals surface area contributed by atoms with Gasteiger partial charge in [0.15, 0.2) is 6.29 Å². The second-order valence-corrected chi connectivity index (χ2v) is 7.51. The highest BCUT2D eigenvalue weighted by Crippen LogP contribution is 2.33. The molecule has 166 valence electrons. The fourth-order valence-corrected chi connectivity index (χ4v) is 3.97. The quantitative estimate of drug-likeness (QED) is 0.234. The van der Waals surface area contributed by atoms with Crippen LogP contribution in [0.1, 0.15) is 88.6 Å². The van der Waals surface area contributed by atoms with E-state index in [2.05, 4.69) is 26.1 Å². The lowest BCUT2D eigenvalue weighted by atomic mass is 9.78. The molecule has 1 aromatic carbocycles. The van der Waals surface area contributed by atoms with Crippen molar-refractivity contribution < 1.29 is 14.3 Å². The Morgan fingerprint density at radius 3 is 1.97 bits per heavy atom. The fourth-order valence-electron chi connectivity index (χ4n) is 3.97. The number of carbonyl (C=O) groups is 1. The number of aryl methyl sites for hydroxylation is 1. The summed E-state index contributed by atoms with van der Waals surface area (Å²) in [7, 11) is 0. The summed E-state index contributed by atoms with van der Waals surface area (Å²) >= 11 is 0. The Hall–Kier alpha value is -1.45. The minimum atomic E-state index is -0.0370. The molecule has 29 heavy (non-hydrogen) atoms. The number of aldehydes is 1. The van der Waals surface area contributed by atoms with Crippen LogP contribution in [0.4, 0.5) is 0 Å². The number of hydrogen-bond donors (Lipinski definition) is 0. The van der Waals surface area contributed by atoms with Crippen molar-refractivity contribution in [2.24, 2.45) is 11.8 Å². The molecule has 3 nitrogen and oxygen atoms in total. The van der Waals surface area contributed by atoms with Crippen LogP contribution in [-0.2, 0) is 15.9 Å². The largest absolute Gasteiger partial charge is 0.353 e. The first-order chi connectivity index (χ1) is 14.1. The van der Waals surface area contributed by atoms with Gasteiger partial charge in [-0.05, 0) is 51.0 Å². The molecule has 0 unspecified atom stereocenters. The van der Waals surface area contributed by atoms with Crippen LogP contribution in [0.15, 0.2) is 37.4 Å². The lowest BCUT2D eigenvalue weighted by Gasteiger charge is -2.28. The van der Waals surface area contributed by atoms with E-state index in [0.717, 1.165) is 43.3 Å². The standard InChI is InChI=1S/C18H26O.C6H14O2.C2H4/c1-2-5-15-8-10-16(11-9-15)12-13-17-6-3-4-7-18(17)14-19;1-4-7-6(3)8-5-2;1-2/h3-4,6-7,14-16H,2,5,8-13H2,1H3;6H,4-5H2,1-3H3;1-2H2. The van der Waals surface area contributed by atoms with Crippen molar-refractivity contribution in [3.05, 3.63) is 48.6 Å². The molecular weight excluding hydrogens is 360 g/mol. The summed E-state index contributed by atoms with van der Waals surface area (Å²) in [4.78, 5) is 11.0. The molecule has 0 N–H and O–H groups in total. The number of ether oxygens (including phenoxy) is 2. The summed E-state index contributed by atoms with van der Waals surface area (Å²) in [5.41, 5.74) is 2.11. The first-order valence-corrected chi connectivity index (χ1v) is 11.4. The van der Waals surface area contributed by atoms with Gasteiger partial charge in [-0.15, -0.1) is 13.2 Å². The summed E-state index contributed by atoms with van der Waals surface area (Å²) in [5.74, 6) is 1.87. The molecule has 1 aliphatic carbocycles. The lowest BCUT2D eigenvalue weighted by Crippen LogP contribution is -2.15. The molecule has 0 saturated heterocycles. The van der Waals surface area contributed by atoms with Gasteiger partial charge in [0.05, 0.1) is 0 Å². The molecule has 0 spiro atoms. The molecule has 1 aromatic rings. The van der Waals surface area contributed by atoms with Crippen molar-refractivity contribution in [2.75, 3.05) is 13.2 Å². The van der Waals surface area contributed by atoms with Gasteiger partial charge < -0.3 is 9.47 Å². The summed E-state index contributed by atoms with van der Waals surface area (Å²) in [6.45, 7) is 15.5. The van der Waals surface area contributed by atoms with Gasteiger partial charge in [-0.25, -0.2) is 0 Å². The van der Waals surface area contributed by atoms with Crippen LogP contribution in [0.5, 0.6) is 0 Å². The first kappa shape index (κ1) is 27.5. The molecule has 0 amide bonds. The Kier molecular flexibility index (Phi) is 17.6. The molecule has 1 aliphatic rings.